The van der Waals surface area contributed by atoms with E-state index >= 15 is 0 Å². The minimum atomic E-state index is -1.05. The number of aromatic nitrogens is 4. The summed E-state index contributed by atoms with van der Waals surface area (Å²) in [6.45, 7) is 3.51. The second kappa shape index (κ2) is 16.0. The fraction of sp³-hybridized carbons (Fsp3) is 0.0556. The smallest absolute Gasteiger partial charge is 0.337 e. The van der Waals surface area contributed by atoms with Gasteiger partial charge in [-0.25, -0.2) is 19.0 Å². The van der Waals surface area contributed by atoms with E-state index in [1.807, 2.05) is 60.7 Å². The van der Waals surface area contributed by atoms with Crippen molar-refractivity contribution >= 4 is 35.7 Å². The van der Waals surface area contributed by atoms with Gasteiger partial charge < -0.3 is 20.4 Å². The Morgan fingerprint density at radius 1 is 0.571 bits per heavy atom. The van der Waals surface area contributed by atoms with Gasteiger partial charge in [0, 0.05) is 29.8 Å². The third kappa shape index (κ3) is 8.17. The van der Waals surface area contributed by atoms with Gasteiger partial charge in [0.15, 0.2) is 0 Å². The van der Waals surface area contributed by atoms with E-state index in [0.29, 0.717) is 33.9 Å². The molecule has 4 N–H and O–H groups in total. The molecule has 246 valence electrons. The molecule has 0 atom stereocenters. The number of hydrogen-bond donors (Lipinski definition) is 4. The molecular weight excluding hydrogens is 664 g/mol. The van der Waals surface area contributed by atoms with Gasteiger partial charge in [-0.3, -0.25) is 9.98 Å². The second-order valence-corrected chi connectivity index (χ2v) is 10.3. The van der Waals surface area contributed by atoms with Crippen molar-refractivity contribution < 1.29 is 47.4 Å². The van der Waals surface area contributed by atoms with Crippen molar-refractivity contribution in [1.29, 1.82) is 0 Å². The quantitative estimate of drug-likeness (QED) is 0.128. The third-order valence-corrected chi connectivity index (χ3v) is 7.10. The Hall–Kier alpha value is -6.29. The van der Waals surface area contributed by atoms with Gasteiger partial charge in [0.25, 0.3) is 0 Å². The standard InChI is InChI=1S/2C18H15N3O3.Cr/c2*1-12-15(11-19-16-10-6-5-9-14(16)18(23)24)17(22)21(20-12)13-7-3-2-4-8-13;/h2*2-11,22H,1H3,(H,23,24);. The topological polar surface area (TPSA) is 175 Å². The molecule has 12 nitrogen and oxygen atoms in total. The zero-order valence-electron chi connectivity index (χ0n) is 26.2. The monoisotopic (exact) mass is 694 g/mol. The minimum absolute atomic E-state index is 0. The molecule has 2 heterocycles. The summed E-state index contributed by atoms with van der Waals surface area (Å²) < 4.78 is 2.83. The number of aromatic hydroxyl groups is 2. The Balaban J connectivity index is 0.000000216. The zero-order chi connectivity index (χ0) is 34.2. The largest absolute Gasteiger partial charge is 0.493 e. The van der Waals surface area contributed by atoms with E-state index in [4.69, 9.17) is 0 Å². The van der Waals surface area contributed by atoms with Gasteiger partial charge >= 0.3 is 11.9 Å². The van der Waals surface area contributed by atoms with Gasteiger partial charge in [-0.15, -0.1) is 0 Å². The number of hydrogen-bond acceptors (Lipinski definition) is 8. The molecule has 0 fully saturated rings. The predicted octanol–water partition coefficient (Wildman–Crippen LogP) is 6.67. The van der Waals surface area contributed by atoms with E-state index in [-0.39, 0.29) is 40.2 Å². The molecule has 6 aromatic rings. The predicted molar refractivity (Wildman–Crippen MR) is 181 cm³/mol. The number of para-hydroxylation sites is 4. The molecule has 0 unspecified atom stereocenters. The van der Waals surface area contributed by atoms with Gasteiger partial charge in [0.05, 0.1) is 56.4 Å². The SMILES string of the molecule is Cc1nn(-c2ccccc2)c(O)c1C=Nc1ccccc1C(=O)O.Cc1nn(-c2ccccc2)c(O)c1C=Nc1ccccc1C(=O)O.[Cr]. The number of aromatic carboxylic acids is 2. The van der Waals surface area contributed by atoms with Crippen LogP contribution in [0.5, 0.6) is 11.8 Å². The van der Waals surface area contributed by atoms with Gasteiger partial charge in [0.1, 0.15) is 0 Å². The van der Waals surface area contributed by atoms with Crippen molar-refractivity contribution in [2.45, 2.75) is 13.8 Å². The van der Waals surface area contributed by atoms with Gasteiger partial charge in [0.2, 0.25) is 11.8 Å². The molecule has 6 rings (SSSR count). The molecule has 0 aliphatic heterocycles. The van der Waals surface area contributed by atoms with Crippen LogP contribution in [0.25, 0.3) is 11.4 Å². The van der Waals surface area contributed by atoms with E-state index in [0.717, 1.165) is 11.4 Å². The first-order valence-electron chi connectivity index (χ1n) is 14.6. The van der Waals surface area contributed by atoms with E-state index in [9.17, 15) is 30.0 Å². The summed E-state index contributed by atoms with van der Waals surface area (Å²) in [4.78, 5) is 30.8. The molecule has 4 aromatic carbocycles. The van der Waals surface area contributed by atoms with Crippen LogP contribution in [0.1, 0.15) is 43.2 Å². The number of nitrogens with zero attached hydrogens (tertiary/aromatic N) is 6. The Kier molecular flexibility index (Phi) is 11.6. The van der Waals surface area contributed by atoms with Crippen LogP contribution in [0.2, 0.25) is 0 Å². The van der Waals surface area contributed by atoms with Crippen LogP contribution < -0.4 is 0 Å². The maximum Gasteiger partial charge on any atom is 0.337 e. The molecule has 13 heteroatoms. The normalized spacial score (nSPS) is 10.8. The Morgan fingerprint density at radius 3 is 1.24 bits per heavy atom. The van der Waals surface area contributed by atoms with Crippen LogP contribution >= 0.6 is 0 Å². The molecule has 49 heavy (non-hydrogen) atoms. The molecule has 0 aliphatic rings. The number of aryl methyl sites for hydroxylation is 2. The van der Waals surface area contributed by atoms with E-state index in [1.54, 1.807) is 50.2 Å². The maximum absolute atomic E-state index is 11.2. The number of rotatable bonds is 8. The van der Waals surface area contributed by atoms with Crippen molar-refractivity contribution in [2.75, 3.05) is 0 Å². The first kappa shape index (κ1) is 35.6. The second-order valence-electron chi connectivity index (χ2n) is 10.3. The van der Waals surface area contributed by atoms with Crippen LogP contribution in [0.15, 0.2) is 119 Å². The van der Waals surface area contributed by atoms with Crippen LogP contribution in [0.4, 0.5) is 11.4 Å². The fourth-order valence-corrected chi connectivity index (χ4v) is 4.66. The molecule has 0 bridgehead atoms. The van der Waals surface area contributed by atoms with Gasteiger partial charge in [-0.2, -0.15) is 10.2 Å². The van der Waals surface area contributed by atoms with Crippen molar-refractivity contribution in [3.05, 3.63) is 143 Å². The summed E-state index contributed by atoms with van der Waals surface area (Å²) in [5.74, 6) is -2.20. The molecule has 0 spiro atoms. The summed E-state index contributed by atoms with van der Waals surface area (Å²) in [7, 11) is 0. The van der Waals surface area contributed by atoms with Gasteiger partial charge in [-0.1, -0.05) is 60.7 Å². The number of carboxylic acid groups (broad SMARTS) is 2. The Morgan fingerprint density at radius 2 is 0.898 bits per heavy atom. The van der Waals surface area contributed by atoms with Crippen molar-refractivity contribution in [2.24, 2.45) is 9.98 Å². The summed E-state index contributed by atoms with van der Waals surface area (Å²) in [6, 6.07) is 31.3. The number of benzene rings is 4. The van der Waals surface area contributed by atoms with E-state index in [1.165, 1.54) is 33.9 Å². The van der Waals surface area contributed by atoms with E-state index < -0.39 is 11.9 Å². The average molecular weight is 695 g/mol. The average Bonchev–Trinajstić information content (AvgIpc) is 3.55. The summed E-state index contributed by atoms with van der Waals surface area (Å²) in [6.07, 6.45) is 2.86. The summed E-state index contributed by atoms with van der Waals surface area (Å²) in [5.41, 5.74) is 4.35. The van der Waals surface area contributed by atoms with Crippen LogP contribution in [-0.2, 0) is 17.4 Å². The molecule has 0 saturated carbocycles. The Bertz CT molecular complexity index is 1990. The number of carbonyl (C=O) groups is 2. The summed E-state index contributed by atoms with van der Waals surface area (Å²) in [5, 5.41) is 47.8. The molecule has 0 radical (unpaired) electrons. The molecule has 0 aliphatic carbocycles. The van der Waals surface area contributed by atoms with Crippen molar-refractivity contribution in [1.82, 2.24) is 19.6 Å². The molecular formula is C36H30CrN6O6. The minimum Gasteiger partial charge on any atom is -0.493 e. The Labute approximate surface area is 291 Å². The number of aliphatic imine (C=N–C) groups is 2. The van der Waals surface area contributed by atoms with Crippen LogP contribution in [0, 0.1) is 13.8 Å². The first-order chi connectivity index (χ1) is 23.2. The fourth-order valence-electron chi connectivity index (χ4n) is 4.66. The maximum atomic E-state index is 11.2. The first-order valence-corrected chi connectivity index (χ1v) is 14.6. The third-order valence-electron chi connectivity index (χ3n) is 7.10. The van der Waals surface area contributed by atoms with Crippen LogP contribution in [0.3, 0.4) is 0 Å². The van der Waals surface area contributed by atoms with E-state index in [2.05, 4.69) is 20.2 Å². The molecule has 0 saturated heterocycles. The van der Waals surface area contributed by atoms with Gasteiger partial charge in [-0.05, 0) is 62.4 Å². The van der Waals surface area contributed by atoms with Crippen molar-refractivity contribution in [3.63, 3.8) is 0 Å². The molecule has 2 aromatic heterocycles. The van der Waals surface area contributed by atoms with Crippen LogP contribution in [-0.4, -0.2) is 64.4 Å². The number of carboxylic acids is 2. The van der Waals surface area contributed by atoms with Crippen molar-refractivity contribution in [3.8, 4) is 23.1 Å². The molecule has 0 amide bonds. The zero-order valence-corrected chi connectivity index (χ0v) is 27.5. The summed E-state index contributed by atoms with van der Waals surface area (Å²) >= 11 is 0.